The third-order valence-electron chi connectivity index (χ3n) is 5.82. The number of Topliss-reactive ketones (excluding diaryl/α,β-unsaturated/α-hetero) is 1. The van der Waals surface area contributed by atoms with E-state index in [9.17, 15) is 19.5 Å². The van der Waals surface area contributed by atoms with E-state index in [2.05, 4.69) is 15.9 Å². The second kappa shape index (κ2) is 6.85. The van der Waals surface area contributed by atoms with Crippen LogP contribution in [-0.2, 0) is 33.1 Å². The smallest absolute Gasteiger partial charge is 0.343 e. The lowest BCUT2D eigenvalue weighted by Gasteiger charge is -2.32. The summed E-state index contributed by atoms with van der Waals surface area (Å²) in [5.74, 6) is -0.994. The first-order valence-corrected chi connectivity index (χ1v) is 10.7. The maximum absolute atomic E-state index is 13.2. The fraction of sp³-hybridized carbons (Fsp3) is 0.273. The van der Waals surface area contributed by atoms with Gasteiger partial charge in [0.15, 0.2) is 5.60 Å². The number of para-hydroxylation sites is 1. The molecular formula is C22H17BrN2O5. The zero-order chi connectivity index (χ0) is 21.0. The van der Waals surface area contributed by atoms with Crippen molar-refractivity contribution >= 4 is 38.6 Å². The van der Waals surface area contributed by atoms with Crippen LogP contribution in [0.2, 0.25) is 0 Å². The monoisotopic (exact) mass is 468 g/mol. The van der Waals surface area contributed by atoms with Gasteiger partial charge in [0.2, 0.25) is 0 Å². The fourth-order valence-electron chi connectivity index (χ4n) is 4.21. The Bertz CT molecular complexity index is 1300. The molecule has 3 aromatic rings. The van der Waals surface area contributed by atoms with Gasteiger partial charge in [-0.05, 0) is 24.6 Å². The third-order valence-corrected chi connectivity index (χ3v) is 6.45. The molecule has 0 saturated carbocycles. The highest BCUT2D eigenvalue weighted by Gasteiger charge is 2.46. The highest BCUT2D eigenvalue weighted by atomic mass is 79.9. The number of ether oxygens (including phenoxy) is 1. The van der Waals surface area contributed by atoms with Crippen LogP contribution in [0.4, 0.5) is 0 Å². The number of aliphatic hydroxyl groups is 1. The van der Waals surface area contributed by atoms with E-state index in [0.29, 0.717) is 17.9 Å². The van der Waals surface area contributed by atoms with Crippen molar-refractivity contribution in [1.29, 1.82) is 0 Å². The van der Waals surface area contributed by atoms with Gasteiger partial charge in [-0.25, -0.2) is 9.78 Å². The largest absolute Gasteiger partial charge is 0.458 e. The lowest BCUT2D eigenvalue weighted by atomic mass is 9.84. The summed E-state index contributed by atoms with van der Waals surface area (Å²) in [6.45, 7) is 0.163. The van der Waals surface area contributed by atoms with E-state index in [4.69, 9.17) is 9.72 Å². The number of ketones is 1. The quantitative estimate of drug-likeness (QED) is 0.364. The van der Waals surface area contributed by atoms with Crippen LogP contribution in [0.1, 0.15) is 29.5 Å². The molecule has 1 atom stereocenters. The van der Waals surface area contributed by atoms with Crippen molar-refractivity contribution in [3.63, 3.8) is 0 Å². The molecule has 4 heterocycles. The number of esters is 1. The topological polar surface area (TPSA) is 98.5 Å². The lowest BCUT2D eigenvalue weighted by molar-refractivity contribution is -0.173. The number of alkyl halides is 1. The Morgan fingerprint density at radius 2 is 2.07 bits per heavy atom. The van der Waals surface area contributed by atoms with Gasteiger partial charge >= 0.3 is 5.97 Å². The Morgan fingerprint density at radius 1 is 1.27 bits per heavy atom. The molecule has 2 aromatic heterocycles. The number of carbonyl (C=O) groups is 2. The maximum Gasteiger partial charge on any atom is 0.343 e. The molecule has 0 radical (unpaired) electrons. The first-order chi connectivity index (χ1) is 14.4. The maximum atomic E-state index is 13.2. The van der Waals surface area contributed by atoms with E-state index in [-0.39, 0.29) is 47.2 Å². The molecule has 2 aliphatic heterocycles. The summed E-state index contributed by atoms with van der Waals surface area (Å²) in [6, 6.07) is 11.3. The second-order valence-electron chi connectivity index (χ2n) is 7.61. The number of hydrogen-bond acceptors (Lipinski definition) is 6. The number of benzene rings is 1. The summed E-state index contributed by atoms with van der Waals surface area (Å²) in [5.41, 5.74) is 1.00. The van der Waals surface area contributed by atoms with E-state index in [1.165, 1.54) is 0 Å². The molecule has 7 nitrogen and oxygen atoms in total. The van der Waals surface area contributed by atoms with Gasteiger partial charge in [0.1, 0.15) is 12.4 Å². The number of cyclic esters (lactones) is 1. The molecule has 0 aliphatic carbocycles. The van der Waals surface area contributed by atoms with E-state index in [1.807, 2.05) is 30.3 Å². The minimum absolute atomic E-state index is 0.0197. The molecule has 0 amide bonds. The van der Waals surface area contributed by atoms with Gasteiger partial charge in [0, 0.05) is 22.9 Å². The number of pyridine rings is 2. The lowest BCUT2D eigenvalue weighted by Crippen LogP contribution is -2.45. The zero-order valence-electron chi connectivity index (χ0n) is 15.9. The van der Waals surface area contributed by atoms with Crippen LogP contribution in [-0.4, -0.2) is 31.7 Å². The number of aromatic nitrogens is 2. The Morgan fingerprint density at radius 3 is 2.87 bits per heavy atom. The van der Waals surface area contributed by atoms with Gasteiger partial charge in [-0.15, -0.1) is 0 Å². The molecule has 1 N–H and O–H groups in total. The summed E-state index contributed by atoms with van der Waals surface area (Å²) in [6.07, 6.45) is -0.168. The molecule has 152 valence electrons. The van der Waals surface area contributed by atoms with Gasteiger partial charge in [-0.3, -0.25) is 9.59 Å². The highest BCUT2D eigenvalue weighted by Crippen LogP contribution is 2.39. The first kappa shape index (κ1) is 19.1. The molecule has 2 aliphatic rings. The van der Waals surface area contributed by atoms with Crippen LogP contribution in [0.25, 0.3) is 22.3 Å². The average molecular weight is 469 g/mol. The van der Waals surface area contributed by atoms with Gasteiger partial charge in [0.05, 0.1) is 34.3 Å². The van der Waals surface area contributed by atoms with Crippen molar-refractivity contribution < 1.29 is 19.4 Å². The highest BCUT2D eigenvalue weighted by molar-refractivity contribution is 9.09. The van der Waals surface area contributed by atoms with Crippen molar-refractivity contribution in [1.82, 2.24) is 9.55 Å². The first-order valence-electron chi connectivity index (χ1n) is 9.56. The number of halogens is 1. The van der Waals surface area contributed by atoms with Gasteiger partial charge in [0.25, 0.3) is 5.56 Å². The van der Waals surface area contributed by atoms with Crippen LogP contribution in [0.15, 0.2) is 41.2 Å². The average Bonchev–Trinajstić information content (AvgIpc) is 3.11. The van der Waals surface area contributed by atoms with Crippen LogP contribution in [0, 0.1) is 0 Å². The number of nitrogens with zero attached hydrogens (tertiary/aromatic N) is 2. The Hall–Kier alpha value is -2.84. The minimum atomic E-state index is -2.04. The second-order valence-corrected chi connectivity index (χ2v) is 8.17. The fourth-order valence-corrected chi connectivity index (χ4v) is 4.49. The summed E-state index contributed by atoms with van der Waals surface area (Å²) in [7, 11) is 0. The van der Waals surface area contributed by atoms with Crippen molar-refractivity contribution in [3.05, 3.63) is 63.4 Å². The number of carbonyl (C=O) groups excluding carboxylic acids is 2. The van der Waals surface area contributed by atoms with Crippen molar-refractivity contribution in [2.45, 2.75) is 31.6 Å². The van der Waals surface area contributed by atoms with E-state index in [1.54, 1.807) is 10.6 Å². The van der Waals surface area contributed by atoms with E-state index in [0.717, 1.165) is 16.5 Å². The van der Waals surface area contributed by atoms with Gasteiger partial charge < -0.3 is 14.4 Å². The standard InChI is InChI=1S/C22H17BrN2O5/c23-9-14(26)5-6-22(29)16-8-18-19-13(7-12-3-1-2-4-17(12)24-19)10-25(18)20(27)15(16)11-30-21(22)28/h1-4,7-8,29H,5-6,9-11H2/t22-/m0/s1. The normalized spacial score (nSPS) is 19.2. The molecule has 0 saturated heterocycles. The number of fused-ring (bicyclic) bond motifs is 5. The SMILES string of the molecule is O=C(CBr)CC[C@@]1(O)C(=O)OCc2c1cc1n(c2=O)Cc2cc3ccccc3nc2-1. The zero-order valence-corrected chi connectivity index (χ0v) is 17.4. The summed E-state index contributed by atoms with van der Waals surface area (Å²) >= 11 is 3.09. The van der Waals surface area contributed by atoms with Crippen LogP contribution >= 0.6 is 15.9 Å². The minimum Gasteiger partial charge on any atom is -0.458 e. The van der Waals surface area contributed by atoms with E-state index < -0.39 is 11.6 Å². The predicted octanol–water partition coefficient (Wildman–Crippen LogP) is 2.41. The van der Waals surface area contributed by atoms with Crippen LogP contribution in [0.3, 0.4) is 0 Å². The molecule has 0 unspecified atom stereocenters. The summed E-state index contributed by atoms with van der Waals surface area (Å²) in [5, 5.41) is 12.3. The van der Waals surface area contributed by atoms with E-state index >= 15 is 0 Å². The number of rotatable bonds is 4. The van der Waals surface area contributed by atoms with Crippen molar-refractivity contribution in [2.75, 3.05) is 5.33 Å². The molecule has 5 rings (SSSR count). The molecule has 30 heavy (non-hydrogen) atoms. The third kappa shape index (κ3) is 2.74. The molecule has 0 spiro atoms. The molecule has 8 heteroatoms. The van der Waals surface area contributed by atoms with Crippen molar-refractivity contribution in [2.24, 2.45) is 0 Å². The Labute approximate surface area is 179 Å². The van der Waals surface area contributed by atoms with Gasteiger partial charge in [-0.1, -0.05) is 34.1 Å². The summed E-state index contributed by atoms with van der Waals surface area (Å²) in [4.78, 5) is 42.2. The molecule has 0 fully saturated rings. The number of hydrogen-bond donors (Lipinski definition) is 1. The molecule has 0 bridgehead atoms. The van der Waals surface area contributed by atoms with Crippen LogP contribution < -0.4 is 5.56 Å². The van der Waals surface area contributed by atoms with Gasteiger partial charge in [-0.2, -0.15) is 0 Å². The van der Waals surface area contributed by atoms with Crippen LogP contribution in [0.5, 0.6) is 0 Å². The summed E-state index contributed by atoms with van der Waals surface area (Å²) < 4.78 is 6.72. The Balaban J connectivity index is 1.69. The molecular weight excluding hydrogens is 452 g/mol. The molecule has 1 aromatic carbocycles. The Kier molecular flexibility index (Phi) is 4.37. The van der Waals surface area contributed by atoms with Crippen molar-refractivity contribution in [3.8, 4) is 11.4 Å². The predicted molar refractivity (Wildman–Crippen MR) is 112 cm³/mol.